The Kier molecular flexibility index (Phi) is 4.58. The summed E-state index contributed by atoms with van der Waals surface area (Å²) < 4.78 is 19.0. The smallest absolute Gasteiger partial charge is 0.306 e. The number of halogens is 2. The van der Waals surface area contributed by atoms with Crippen LogP contribution in [0.3, 0.4) is 0 Å². The number of rotatable bonds is 5. The van der Waals surface area contributed by atoms with Crippen LogP contribution in [-0.4, -0.2) is 17.7 Å². The monoisotopic (exact) mass is 294 g/mol. The molecule has 2 aromatic carbocycles. The Balaban J connectivity index is 2.09. The molecule has 0 heterocycles. The van der Waals surface area contributed by atoms with Crippen LogP contribution < -0.4 is 4.74 Å². The zero-order valence-corrected chi connectivity index (χ0v) is 11.2. The Hall–Kier alpha value is -2.07. The summed E-state index contributed by atoms with van der Waals surface area (Å²) in [4.78, 5) is 10.4. The van der Waals surface area contributed by atoms with Crippen LogP contribution in [0, 0.1) is 5.82 Å². The fourth-order valence-corrected chi connectivity index (χ4v) is 1.87. The van der Waals surface area contributed by atoms with Gasteiger partial charge in [0.2, 0.25) is 0 Å². The molecule has 2 rings (SSSR count). The van der Waals surface area contributed by atoms with Crippen molar-refractivity contribution >= 4 is 17.6 Å². The maximum atomic E-state index is 13.7. The van der Waals surface area contributed by atoms with Crippen molar-refractivity contribution in [2.24, 2.45) is 0 Å². The van der Waals surface area contributed by atoms with Crippen LogP contribution in [0.5, 0.6) is 5.75 Å². The van der Waals surface area contributed by atoms with E-state index >= 15 is 0 Å². The molecule has 0 bridgehead atoms. The van der Waals surface area contributed by atoms with Crippen molar-refractivity contribution in [3.63, 3.8) is 0 Å². The topological polar surface area (TPSA) is 46.5 Å². The largest absolute Gasteiger partial charge is 0.493 e. The van der Waals surface area contributed by atoms with Gasteiger partial charge in [-0.15, -0.1) is 0 Å². The highest BCUT2D eigenvalue weighted by atomic mass is 35.5. The van der Waals surface area contributed by atoms with Crippen molar-refractivity contribution < 1.29 is 19.0 Å². The van der Waals surface area contributed by atoms with Gasteiger partial charge in [-0.1, -0.05) is 23.7 Å². The number of ether oxygens (including phenoxy) is 1. The average Bonchev–Trinajstić information content (AvgIpc) is 2.39. The second-order valence-electron chi connectivity index (χ2n) is 4.14. The fourth-order valence-electron chi connectivity index (χ4n) is 1.71. The van der Waals surface area contributed by atoms with Crippen molar-refractivity contribution in [3.8, 4) is 16.9 Å². The maximum Gasteiger partial charge on any atom is 0.306 e. The van der Waals surface area contributed by atoms with Gasteiger partial charge in [0, 0.05) is 10.6 Å². The number of aliphatic carboxylic acids is 1. The predicted octanol–water partition coefficient (Wildman–Crippen LogP) is 4.00. The molecule has 5 heteroatoms. The van der Waals surface area contributed by atoms with E-state index in [0.717, 1.165) is 0 Å². The Morgan fingerprint density at radius 1 is 1.20 bits per heavy atom. The van der Waals surface area contributed by atoms with Crippen LogP contribution in [0.2, 0.25) is 5.02 Å². The summed E-state index contributed by atoms with van der Waals surface area (Å²) in [6.45, 7) is 0.101. The third kappa shape index (κ3) is 3.71. The minimum atomic E-state index is -0.912. The first-order chi connectivity index (χ1) is 9.56. The molecule has 0 aromatic heterocycles. The molecule has 0 saturated heterocycles. The predicted molar refractivity (Wildman–Crippen MR) is 74.6 cm³/mol. The molecule has 1 N–H and O–H groups in total. The summed E-state index contributed by atoms with van der Waals surface area (Å²) in [6, 6.07) is 11.3. The maximum absolute atomic E-state index is 13.7. The van der Waals surface area contributed by atoms with Gasteiger partial charge < -0.3 is 9.84 Å². The van der Waals surface area contributed by atoms with Crippen molar-refractivity contribution in [3.05, 3.63) is 53.3 Å². The van der Waals surface area contributed by atoms with Gasteiger partial charge in [0.05, 0.1) is 13.0 Å². The van der Waals surface area contributed by atoms with E-state index in [1.807, 2.05) is 0 Å². The molecule has 0 amide bonds. The number of hydrogen-bond donors (Lipinski definition) is 1. The van der Waals surface area contributed by atoms with E-state index in [1.165, 1.54) is 6.07 Å². The molecule has 0 fully saturated rings. The zero-order chi connectivity index (χ0) is 14.5. The van der Waals surface area contributed by atoms with E-state index < -0.39 is 11.8 Å². The highest BCUT2D eigenvalue weighted by molar-refractivity contribution is 6.30. The van der Waals surface area contributed by atoms with E-state index in [-0.39, 0.29) is 13.0 Å². The Labute approximate surface area is 120 Å². The van der Waals surface area contributed by atoms with Gasteiger partial charge in [-0.25, -0.2) is 4.39 Å². The van der Waals surface area contributed by atoms with Gasteiger partial charge >= 0.3 is 5.97 Å². The minimum Gasteiger partial charge on any atom is -0.493 e. The standard InChI is InChI=1S/C15H12ClFO3/c16-11-3-6-13(14(17)9-11)10-1-4-12(5-2-10)20-8-7-15(18)19/h1-6,9H,7-8H2,(H,18,19). The molecule has 104 valence electrons. The normalized spacial score (nSPS) is 10.3. The van der Waals surface area contributed by atoms with Gasteiger partial charge in [0.1, 0.15) is 11.6 Å². The minimum absolute atomic E-state index is 0.0619. The average molecular weight is 295 g/mol. The molecular weight excluding hydrogens is 283 g/mol. The third-order valence-electron chi connectivity index (χ3n) is 2.68. The summed E-state index contributed by atoms with van der Waals surface area (Å²) in [5.41, 5.74) is 1.15. The van der Waals surface area contributed by atoms with E-state index in [0.29, 0.717) is 21.9 Å². The van der Waals surface area contributed by atoms with E-state index in [2.05, 4.69) is 0 Å². The first-order valence-corrected chi connectivity index (χ1v) is 6.34. The molecule has 0 unspecified atom stereocenters. The molecule has 0 aliphatic carbocycles. The van der Waals surface area contributed by atoms with Crippen LogP contribution in [0.1, 0.15) is 6.42 Å². The quantitative estimate of drug-likeness (QED) is 0.906. The van der Waals surface area contributed by atoms with Gasteiger partial charge in [0.15, 0.2) is 0 Å². The van der Waals surface area contributed by atoms with Crippen LogP contribution in [0.4, 0.5) is 4.39 Å². The molecule has 0 aliphatic rings. The highest BCUT2D eigenvalue weighted by Crippen LogP contribution is 2.26. The van der Waals surface area contributed by atoms with Crippen molar-refractivity contribution in [1.82, 2.24) is 0 Å². The number of benzene rings is 2. The van der Waals surface area contributed by atoms with Gasteiger partial charge in [-0.05, 0) is 35.9 Å². The van der Waals surface area contributed by atoms with Crippen molar-refractivity contribution in [1.29, 1.82) is 0 Å². The second-order valence-corrected chi connectivity index (χ2v) is 4.58. The van der Waals surface area contributed by atoms with Gasteiger partial charge in [0.25, 0.3) is 0 Å². The SMILES string of the molecule is O=C(O)CCOc1ccc(-c2ccc(Cl)cc2F)cc1. The lowest BCUT2D eigenvalue weighted by Crippen LogP contribution is -2.04. The highest BCUT2D eigenvalue weighted by Gasteiger charge is 2.06. The number of carboxylic acids is 1. The number of hydrogen-bond acceptors (Lipinski definition) is 2. The molecule has 3 nitrogen and oxygen atoms in total. The lowest BCUT2D eigenvalue weighted by Gasteiger charge is -2.07. The Bertz CT molecular complexity index is 611. The van der Waals surface area contributed by atoms with Crippen LogP contribution in [0.15, 0.2) is 42.5 Å². The molecule has 0 atom stereocenters. The summed E-state index contributed by atoms with van der Waals surface area (Å²) in [5, 5.41) is 8.85. The molecule has 0 radical (unpaired) electrons. The molecule has 0 spiro atoms. The Morgan fingerprint density at radius 2 is 1.90 bits per heavy atom. The summed E-state index contributed by atoms with van der Waals surface area (Å²) in [5.74, 6) is -0.758. The summed E-state index contributed by atoms with van der Waals surface area (Å²) >= 11 is 5.70. The van der Waals surface area contributed by atoms with Crippen LogP contribution >= 0.6 is 11.6 Å². The second kappa shape index (κ2) is 6.39. The zero-order valence-electron chi connectivity index (χ0n) is 10.5. The lowest BCUT2D eigenvalue weighted by atomic mass is 10.1. The first-order valence-electron chi connectivity index (χ1n) is 5.96. The van der Waals surface area contributed by atoms with Crippen LogP contribution in [-0.2, 0) is 4.79 Å². The van der Waals surface area contributed by atoms with Crippen molar-refractivity contribution in [2.75, 3.05) is 6.61 Å². The number of carboxylic acid groups (broad SMARTS) is 1. The van der Waals surface area contributed by atoms with Crippen molar-refractivity contribution in [2.45, 2.75) is 6.42 Å². The summed E-state index contributed by atoms with van der Waals surface area (Å²) in [7, 11) is 0. The molecule has 2 aromatic rings. The summed E-state index contributed by atoms with van der Waals surface area (Å²) in [6.07, 6.45) is -0.0619. The van der Waals surface area contributed by atoms with Gasteiger partial charge in [-0.2, -0.15) is 0 Å². The van der Waals surface area contributed by atoms with E-state index in [1.54, 1.807) is 36.4 Å². The lowest BCUT2D eigenvalue weighted by molar-refractivity contribution is -0.137. The molecule has 20 heavy (non-hydrogen) atoms. The van der Waals surface area contributed by atoms with Crippen LogP contribution in [0.25, 0.3) is 11.1 Å². The first kappa shape index (κ1) is 14.3. The van der Waals surface area contributed by atoms with E-state index in [4.69, 9.17) is 21.4 Å². The third-order valence-corrected chi connectivity index (χ3v) is 2.92. The van der Waals surface area contributed by atoms with Gasteiger partial charge in [-0.3, -0.25) is 4.79 Å². The molecule has 0 aliphatic heterocycles. The molecular formula is C15H12ClFO3. The fraction of sp³-hybridized carbons (Fsp3) is 0.133. The molecule has 0 saturated carbocycles. The Morgan fingerprint density at radius 3 is 2.50 bits per heavy atom. The number of carbonyl (C=O) groups is 1. The van der Waals surface area contributed by atoms with E-state index in [9.17, 15) is 9.18 Å².